The van der Waals surface area contributed by atoms with Crippen LogP contribution in [0.25, 0.3) is 5.69 Å². The van der Waals surface area contributed by atoms with Crippen LogP contribution in [0, 0.1) is 0 Å². The maximum absolute atomic E-state index is 12.5. The zero-order chi connectivity index (χ0) is 18.1. The molecule has 1 aliphatic heterocycles. The number of aromatic nitrogens is 2. The largest absolute Gasteiger partial charge is 0.344 e. The van der Waals surface area contributed by atoms with Gasteiger partial charge in [-0.25, -0.2) is 4.68 Å². The molecule has 0 unspecified atom stereocenters. The molecule has 1 atom stereocenters. The van der Waals surface area contributed by atoms with Crippen LogP contribution in [0.4, 0.5) is 5.69 Å². The van der Waals surface area contributed by atoms with Gasteiger partial charge in [-0.15, -0.1) is 0 Å². The van der Waals surface area contributed by atoms with Gasteiger partial charge in [-0.3, -0.25) is 9.59 Å². The fourth-order valence-corrected chi connectivity index (χ4v) is 3.04. The van der Waals surface area contributed by atoms with Gasteiger partial charge in [0, 0.05) is 11.9 Å². The van der Waals surface area contributed by atoms with E-state index in [1.807, 2.05) is 55.5 Å². The van der Waals surface area contributed by atoms with Crippen molar-refractivity contribution < 1.29 is 9.59 Å². The summed E-state index contributed by atoms with van der Waals surface area (Å²) in [5, 5.41) is 10.1. The molecule has 0 spiro atoms. The van der Waals surface area contributed by atoms with Crippen LogP contribution in [0.15, 0.2) is 60.8 Å². The van der Waals surface area contributed by atoms with E-state index in [1.165, 1.54) is 0 Å². The third-order valence-electron chi connectivity index (χ3n) is 4.44. The van der Waals surface area contributed by atoms with E-state index in [2.05, 4.69) is 15.7 Å². The predicted octanol–water partition coefficient (Wildman–Crippen LogP) is 2.86. The molecule has 130 valence electrons. The first kappa shape index (κ1) is 16.1. The number of anilines is 1. The van der Waals surface area contributed by atoms with Crippen molar-refractivity contribution in [1.82, 2.24) is 15.1 Å². The van der Waals surface area contributed by atoms with Gasteiger partial charge < -0.3 is 10.6 Å². The van der Waals surface area contributed by atoms with E-state index in [4.69, 9.17) is 0 Å². The molecule has 2 N–H and O–H groups in total. The molecular weight excluding hydrogens is 328 g/mol. The van der Waals surface area contributed by atoms with E-state index in [0.717, 1.165) is 22.5 Å². The third kappa shape index (κ3) is 3.09. The first-order chi connectivity index (χ1) is 12.6. The van der Waals surface area contributed by atoms with Gasteiger partial charge in [-0.1, -0.05) is 30.3 Å². The number of nitrogens with zero attached hydrogens (tertiary/aromatic N) is 2. The third-order valence-corrected chi connectivity index (χ3v) is 4.44. The summed E-state index contributed by atoms with van der Waals surface area (Å²) >= 11 is 0. The van der Waals surface area contributed by atoms with Crippen LogP contribution in [0.5, 0.6) is 0 Å². The Bertz CT molecular complexity index is 978. The lowest BCUT2D eigenvalue weighted by Gasteiger charge is -2.14. The van der Waals surface area contributed by atoms with E-state index < -0.39 is 0 Å². The molecule has 2 heterocycles. The topological polar surface area (TPSA) is 76.0 Å². The van der Waals surface area contributed by atoms with Crippen molar-refractivity contribution in [2.75, 3.05) is 5.32 Å². The molecule has 0 fully saturated rings. The van der Waals surface area contributed by atoms with E-state index in [0.29, 0.717) is 12.1 Å². The summed E-state index contributed by atoms with van der Waals surface area (Å²) in [6.45, 7) is 1.91. The fraction of sp³-hybridized carbons (Fsp3) is 0.150. The van der Waals surface area contributed by atoms with Gasteiger partial charge in [0.15, 0.2) is 5.69 Å². The monoisotopic (exact) mass is 346 g/mol. The highest BCUT2D eigenvalue weighted by molar-refractivity contribution is 5.99. The molecule has 6 nitrogen and oxygen atoms in total. The first-order valence-corrected chi connectivity index (χ1v) is 8.45. The molecule has 6 heteroatoms. The van der Waals surface area contributed by atoms with E-state index in [-0.39, 0.29) is 17.9 Å². The van der Waals surface area contributed by atoms with Gasteiger partial charge in [-0.05, 0) is 42.3 Å². The number of amides is 2. The molecule has 0 saturated carbocycles. The average molecular weight is 346 g/mol. The minimum absolute atomic E-state index is 0.000269. The second kappa shape index (κ2) is 6.48. The molecule has 0 radical (unpaired) electrons. The van der Waals surface area contributed by atoms with E-state index in [1.54, 1.807) is 16.9 Å². The predicted molar refractivity (Wildman–Crippen MR) is 98.2 cm³/mol. The average Bonchev–Trinajstić information content (AvgIpc) is 3.27. The molecule has 3 aromatic rings. The van der Waals surface area contributed by atoms with Crippen molar-refractivity contribution in [3.8, 4) is 5.69 Å². The molecule has 0 aliphatic carbocycles. The number of fused-ring (bicyclic) bond motifs is 1. The Kier molecular flexibility index (Phi) is 4.01. The summed E-state index contributed by atoms with van der Waals surface area (Å²) in [4.78, 5) is 24.0. The number of benzene rings is 2. The standard InChI is InChI=1S/C20H18N4O2/c1-13(14-7-8-17-15(11-14)12-19(25)22-17)21-20(26)18-9-10-24(23-18)16-5-3-2-4-6-16/h2-11,13H,12H2,1H3,(H,21,26)(H,22,25)/t13-/m0/s1. The van der Waals surface area contributed by atoms with Crippen LogP contribution < -0.4 is 10.6 Å². The number of nitrogens with one attached hydrogen (secondary N) is 2. The molecule has 0 bridgehead atoms. The Morgan fingerprint density at radius 2 is 2.00 bits per heavy atom. The van der Waals surface area contributed by atoms with Crippen LogP contribution in [0.2, 0.25) is 0 Å². The Balaban J connectivity index is 1.48. The number of carbonyl (C=O) groups excluding carboxylic acids is 2. The summed E-state index contributed by atoms with van der Waals surface area (Å²) in [6, 6.07) is 16.9. The SMILES string of the molecule is C[C@H](NC(=O)c1ccn(-c2ccccc2)n1)c1ccc2c(c1)CC(=O)N2. The van der Waals surface area contributed by atoms with E-state index >= 15 is 0 Å². The van der Waals surface area contributed by atoms with Gasteiger partial charge in [0.25, 0.3) is 5.91 Å². The molecule has 1 aromatic heterocycles. The normalized spacial score (nSPS) is 13.8. The summed E-state index contributed by atoms with van der Waals surface area (Å²) in [5.74, 6) is -0.234. The maximum Gasteiger partial charge on any atom is 0.272 e. The first-order valence-electron chi connectivity index (χ1n) is 8.45. The highest BCUT2D eigenvalue weighted by Gasteiger charge is 2.20. The minimum atomic E-state index is -0.234. The molecule has 2 aromatic carbocycles. The van der Waals surface area contributed by atoms with Gasteiger partial charge >= 0.3 is 0 Å². The quantitative estimate of drug-likeness (QED) is 0.763. The van der Waals surface area contributed by atoms with Crippen molar-refractivity contribution in [2.24, 2.45) is 0 Å². The van der Waals surface area contributed by atoms with E-state index in [9.17, 15) is 9.59 Å². The maximum atomic E-state index is 12.5. The van der Waals surface area contributed by atoms with Crippen LogP contribution in [-0.2, 0) is 11.2 Å². The van der Waals surface area contributed by atoms with Crippen LogP contribution >= 0.6 is 0 Å². The Hall–Kier alpha value is -3.41. The Morgan fingerprint density at radius 1 is 1.19 bits per heavy atom. The highest BCUT2D eigenvalue weighted by atomic mass is 16.2. The number of hydrogen-bond donors (Lipinski definition) is 2. The Labute approximate surface area is 150 Å². The van der Waals surface area contributed by atoms with Crippen LogP contribution in [0.3, 0.4) is 0 Å². The lowest BCUT2D eigenvalue weighted by Crippen LogP contribution is -2.27. The second-order valence-electron chi connectivity index (χ2n) is 6.32. The number of carbonyl (C=O) groups is 2. The van der Waals surface area contributed by atoms with Crippen molar-refractivity contribution in [1.29, 1.82) is 0 Å². The molecule has 0 saturated heterocycles. The van der Waals surface area contributed by atoms with Crippen LogP contribution in [-0.4, -0.2) is 21.6 Å². The molecule has 2 amide bonds. The lowest BCUT2D eigenvalue weighted by atomic mass is 10.0. The lowest BCUT2D eigenvalue weighted by molar-refractivity contribution is -0.115. The molecular formula is C20H18N4O2. The van der Waals surface area contributed by atoms with Gasteiger partial charge in [0.05, 0.1) is 18.2 Å². The zero-order valence-corrected chi connectivity index (χ0v) is 14.3. The number of rotatable bonds is 4. The summed E-state index contributed by atoms with van der Waals surface area (Å²) in [6.07, 6.45) is 2.15. The van der Waals surface area contributed by atoms with Crippen molar-refractivity contribution in [3.05, 3.63) is 77.6 Å². The molecule has 4 rings (SSSR count). The summed E-state index contributed by atoms with van der Waals surface area (Å²) in [5.41, 5.74) is 4.02. The van der Waals surface area contributed by atoms with Crippen molar-refractivity contribution in [2.45, 2.75) is 19.4 Å². The van der Waals surface area contributed by atoms with Crippen LogP contribution in [0.1, 0.15) is 34.6 Å². The molecule has 26 heavy (non-hydrogen) atoms. The highest BCUT2D eigenvalue weighted by Crippen LogP contribution is 2.26. The van der Waals surface area contributed by atoms with Gasteiger partial charge in [-0.2, -0.15) is 5.10 Å². The summed E-state index contributed by atoms with van der Waals surface area (Å²) in [7, 11) is 0. The smallest absolute Gasteiger partial charge is 0.272 e. The minimum Gasteiger partial charge on any atom is -0.344 e. The van der Waals surface area contributed by atoms with Gasteiger partial charge in [0.1, 0.15) is 0 Å². The molecule has 1 aliphatic rings. The van der Waals surface area contributed by atoms with Crippen molar-refractivity contribution in [3.63, 3.8) is 0 Å². The number of para-hydroxylation sites is 1. The second-order valence-corrected chi connectivity index (χ2v) is 6.32. The number of hydrogen-bond acceptors (Lipinski definition) is 3. The van der Waals surface area contributed by atoms with Gasteiger partial charge in [0.2, 0.25) is 5.91 Å². The summed E-state index contributed by atoms with van der Waals surface area (Å²) < 4.78 is 1.67. The Morgan fingerprint density at radius 3 is 2.81 bits per heavy atom. The zero-order valence-electron chi connectivity index (χ0n) is 14.3. The fourth-order valence-electron chi connectivity index (χ4n) is 3.04. The van der Waals surface area contributed by atoms with Crippen molar-refractivity contribution >= 4 is 17.5 Å².